The molecule has 0 bridgehead atoms. The van der Waals surface area contributed by atoms with E-state index in [1.165, 1.54) is 28.6 Å². The summed E-state index contributed by atoms with van der Waals surface area (Å²) in [5.41, 5.74) is 5.44. The van der Waals surface area contributed by atoms with Crippen molar-refractivity contribution in [1.82, 2.24) is 43.6 Å². The number of aliphatic hydroxyl groups is 10. The molecule has 0 aliphatic carbocycles. The van der Waals surface area contributed by atoms with Crippen molar-refractivity contribution >= 4 is 28.9 Å². The summed E-state index contributed by atoms with van der Waals surface area (Å²) in [6.45, 7) is 0.756. The molecule has 4 aromatic rings. The number of carboxylic acid groups (broad SMARTS) is 1. The van der Waals surface area contributed by atoms with Crippen LogP contribution < -0.4 is 27.2 Å². The van der Waals surface area contributed by atoms with Crippen molar-refractivity contribution in [1.29, 1.82) is 0 Å². The first-order valence-corrected chi connectivity index (χ1v) is 23.2. The lowest BCUT2D eigenvalue weighted by Gasteiger charge is -2.33. The van der Waals surface area contributed by atoms with Crippen LogP contribution in [0.2, 0.25) is 0 Å². The van der Waals surface area contributed by atoms with Gasteiger partial charge in [-0.3, -0.25) is 28.1 Å². The average molecular weight is 989 g/mol. The Bertz CT molecular complexity index is 2470. The highest BCUT2D eigenvalue weighted by atomic mass is 16.4. The third kappa shape index (κ3) is 14.1. The first-order chi connectivity index (χ1) is 33.4. The number of pyridine rings is 1. The van der Waals surface area contributed by atoms with E-state index in [2.05, 4.69) is 32.5 Å². The minimum atomic E-state index is -1.93. The third-order valence-corrected chi connectivity index (χ3v) is 12.3. The number of carboxylic acids is 1. The molecule has 0 spiro atoms. The van der Waals surface area contributed by atoms with Crippen LogP contribution in [0.15, 0.2) is 27.9 Å². The van der Waals surface area contributed by atoms with Crippen molar-refractivity contribution in [2.45, 2.75) is 133 Å². The Labute approximate surface area is 402 Å². The van der Waals surface area contributed by atoms with E-state index in [9.17, 15) is 60.3 Å². The van der Waals surface area contributed by atoms with Gasteiger partial charge in [0.2, 0.25) is 5.95 Å². The van der Waals surface area contributed by atoms with Crippen molar-refractivity contribution in [2.24, 2.45) is 12.8 Å². The molecule has 1 aliphatic heterocycles. The number of imidazole rings is 1. The number of fused-ring (bicyclic) bond motifs is 1. The van der Waals surface area contributed by atoms with Gasteiger partial charge in [-0.05, 0) is 44.7 Å². The summed E-state index contributed by atoms with van der Waals surface area (Å²) in [5, 5.41) is 121. The number of hydrogen-bond donors (Lipinski definition) is 13. The molecule has 388 valence electrons. The molecule has 0 saturated carbocycles. The third-order valence-electron chi connectivity index (χ3n) is 12.3. The van der Waals surface area contributed by atoms with E-state index in [-0.39, 0.29) is 41.6 Å². The maximum atomic E-state index is 14.2. The van der Waals surface area contributed by atoms with Gasteiger partial charge >= 0.3 is 11.7 Å². The van der Waals surface area contributed by atoms with Gasteiger partial charge in [0.15, 0.2) is 11.2 Å². The second kappa shape index (κ2) is 26.2. The van der Waals surface area contributed by atoms with Crippen LogP contribution in [0.4, 0.5) is 11.8 Å². The van der Waals surface area contributed by atoms with Crippen molar-refractivity contribution in [3.05, 3.63) is 56.1 Å². The normalized spacial score (nSPS) is 17.7. The van der Waals surface area contributed by atoms with Crippen LogP contribution in [0, 0.1) is 11.8 Å². The van der Waals surface area contributed by atoms with E-state index >= 15 is 0 Å². The van der Waals surface area contributed by atoms with Gasteiger partial charge in [0.25, 0.3) is 5.56 Å². The van der Waals surface area contributed by atoms with Gasteiger partial charge in [0, 0.05) is 65.1 Å². The average Bonchev–Trinajstić information content (AvgIpc) is 3.97. The summed E-state index contributed by atoms with van der Waals surface area (Å²) in [5.74, 6) is 5.41. The van der Waals surface area contributed by atoms with Crippen LogP contribution in [0.25, 0.3) is 11.2 Å². The molecule has 1 aliphatic rings. The number of nitrogens with one attached hydrogen (secondary N) is 1. The molecule has 1 saturated heterocycles. The lowest BCUT2D eigenvalue weighted by Crippen LogP contribution is -2.53. The van der Waals surface area contributed by atoms with Gasteiger partial charge in [-0.1, -0.05) is 30.4 Å². The fraction of sp³-hybridized carbons (Fsp3) is 0.659. The number of rotatable bonds is 28. The maximum Gasteiger partial charge on any atom is 0.337 e. The number of unbranched alkanes of at least 4 members (excludes halogenated alkanes) is 4. The van der Waals surface area contributed by atoms with E-state index in [1.54, 1.807) is 22.4 Å². The number of aryl methyl sites for hydroxylation is 2. The lowest BCUT2D eigenvalue weighted by atomic mass is 10.0. The summed E-state index contributed by atoms with van der Waals surface area (Å²) in [6.07, 6.45) is -7.43. The van der Waals surface area contributed by atoms with Crippen LogP contribution in [-0.4, -0.2) is 207 Å². The summed E-state index contributed by atoms with van der Waals surface area (Å²) < 4.78 is 5.49. The molecule has 26 heteroatoms. The van der Waals surface area contributed by atoms with Crippen LogP contribution in [0.3, 0.4) is 0 Å². The monoisotopic (exact) mass is 988 g/mol. The Morgan fingerprint density at radius 3 is 2.13 bits per heavy atom. The largest absolute Gasteiger partial charge is 0.478 e. The number of aromatic carboxylic acids is 1. The molecular weight excluding hydrogens is 921 g/mol. The number of hydrogen-bond acceptors (Lipinski definition) is 21. The molecule has 70 heavy (non-hydrogen) atoms. The molecule has 0 aromatic carbocycles. The molecule has 26 nitrogen and oxygen atoms in total. The minimum Gasteiger partial charge on any atom is -0.478 e. The standard InChI is InChI=1S/C44H68N12O14/c1-3-4-17-55-35-40(48-43(55)53-15-10-11-26(45)18-53)51(2)44(70)56(41(35)67)21-29-28(42(68)69)12-13-34(47-29)46-14-8-6-5-7-9-16-54-20-27(49-50-54)19-52(22-30(59)36(63)38(65)32(61)24-57)23-31(60)37(64)39(66)33(62)25-58/h12-13,20,26,30-33,36-39,57-66H,5-11,14-19,21-25,45H2,1-2H3,(H,46,47)(H,68,69)/t26-,30?,31?,32?,33?,36?,37?,38?,39?/m1/s1. The fourth-order valence-electron chi connectivity index (χ4n) is 8.28. The van der Waals surface area contributed by atoms with Crippen molar-refractivity contribution < 1.29 is 61.0 Å². The number of piperidine rings is 1. The summed E-state index contributed by atoms with van der Waals surface area (Å²) in [6, 6.07) is 2.82. The SMILES string of the molecule is CC#CCn1c(N2CCC[C@@H](N)C2)nc2c1c(=O)n(Cc1nc(NCCCCCCCn3cc(CN(CC(O)C(O)C(O)C(O)CO)CC(O)C(O)C(O)C(O)CO)nn3)ccc1C(=O)O)c(=O)n2C. The molecule has 4 aromatic heterocycles. The molecule has 0 amide bonds. The van der Waals surface area contributed by atoms with E-state index in [4.69, 9.17) is 20.9 Å². The Balaban J connectivity index is 1.16. The number of aromatic nitrogens is 8. The number of nitrogens with two attached hydrogens (primary N) is 1. The number of anilines is 2. The van der Waals surface area contributed by atoms with Gasteiger partial charge in [-0.15, -0.1) is 11.0 Å². The Morgan fingerprint density at radius 1 is 0.886 bits per heavy atom. The predicted octanol–water partition coefficient (Wildman–Crippen LogP) is -4.68. The zero-order valence-corrected chi connectivity index (χ0v) is 39.3. The van der Waals surface area contributed by atoms with Crippen LogP contribution in [-0.2, 0) is 33.2 Å². The van der Waals surface area contributed by atoms with E-state index in [0.717, 1.165) is 49.5 Å². The number of carbonyl (C=O) groups is 1. The van der Waals surface area contributed by atoms with Gasteiger partial charge in [0.05, 0.1) is 55.5 Å². The molecule has 8 unspecified atom stereocenters. The van der Waals surface area contributed by atoms with E-state index in [1.807, 2.05) is 4.90 Å². The maximum absolute atomic E-state index is 14.2. The summed E-state index contributed by atoms with van der Waals surface area (Å²) >= 11 is 0. The fourth-order valence-corrected chi connectivity index (χ4v) is 8.28. The highest BCUT2D eigenvalue weighted by Gasteiger charge is 2.35. The molecule has 5 heterocycles. The first kappa shape index (κ1) is 55.5. The van der Waals surface area contributed by atoms with Crippen LogP contribution in [0.5, 0.6) is 0 Å². The second-order valence-corrected chi connectivity index (χ2v) is 17.6. The highest BCUT2D eigenvalue weighted by molar-refractivity contribution is 5.89. The molecule has 5 rings (SSSR count). The van der Waals surface area contributed by atoms with Gasteiger partial charge in [-0.25, -0.2) is 14.6 Å². The number of aliphatic hydroxyl groups excluding tert-OH is 10. The van der Waals surface area contributed by atoms with E-state index in [0.29, 0.717) is 43.6 Å². The molecular formula is C44H68N12O14. The zero-order valence-electron chi connectivity index (χ0n) is 39.3. The summed E-state index contributed by atoms with van der Waals surface area (Å²) in [7, 11) is 1.50. The van der Waals surface area contributed by atoms with Crippen molar-refractivity contribution in [3.63, 3.8) is 0 Å². The Kier molecular flexibility index (Phi) is 20.7. The summed E-state index contributed by atoms with van der Waals surface area (Å²) in [4.78, 5) is 52.7. The first-order valence-electron chi connectivity index (χ1n) is 23.2. The highest BCUT2D eigenvalue weighted by Crippen LogP contribution is 2.23. The van der Waals surface area contributed by atoms with E-state index < -0.39 is 98.9 Å². The molecule has 1 fully saturated rings. The zero-order chi connectivity index (χ0) is 51.2. The van der Waals surface area contributed by atoms with Crippen molar-refractivity contribution in [2.75, 3.05) is 56.2 Å². The smallest absolute Gasteiger partial charge is 0.337 e. The van der Waals surface area contributed by atoms with Gasteiger partial charge < -0.3 is 72.1 Å². The molecule has 14 N–H and O–H groups in total. The quantitative estimate of drug-likeness (QED) is 0.0188. The van der Waals surface area contributed by atoms with Crippen LogP contribution >= 0.6 is 0 Å². The molecule has 0 radical (unpaired) electrons. The Morgan fingerprint density at radius 2 is 1.51 bits per heavy atom. The molecule has 9 atom stereocenters. The minimum absolute atomic E-state index is 0.0130. The van der Waals surface area contributed by atoms with Crippen molar-refractivity contribution in [3.8, 4) is 11.8 Å². The topological polar surface area (TPSA) is 390 Å². The number of nitrogens with zero attached hydrogens (tertiary/aromatic N) is 10. The Hall–Kier alpha value is -5.41. The lowest BCUT2D eigenvalue weighted by molar-refractivity contribution is -0.131. The second-order valence-electron chi connectivity index (χ2n) is 17.6. The predicted molar refractivity (Wildman–Crippen MR) is 252 cm³/mol. The van der Waals surface area contributed by atoms with Gasteiger partial charge in [0.1, 0.15) is 42.4 Å². The van der Waals surface area contributed by atoms with Gasteiger partial charge in [-0.2, -0.15) is 4.98 Å². The van der Waals surface area contributed by atoms with Crippen LogP contribution in [0.1, 0.15) is 73.6 Å².